The summed E-state index contributed by atoms with van der Waals surface area (Å²) in [7, 11) is 0. The third-order valence-electron chi connectivity index (χ3n) is 10.3. The van der Waals surface area contributed by atoms with Crippen molar-refractivity contribution in [1.29, 1.82) is 0 Å². The van der Waals surface area contributed by atoms with Crippen molar-refractivity contribution in [3.63, 3.8) is 0 Å². The Morgan fingerprint density at radius 1 is 0.222 bits per heavy atom. The highest BCUT2D eigenvalue weighted by molar-refractivity contribution is 6.05. The molecule has 0 aliphatic rings. The first-order valence-corrected chi connectivity index (χ1v) is 18.3. The molecule has 9 aromatic carbocycles. The average molecular weight is 688 g/mol. The zero-order valence-electron chi connectivity index (χ0n) is 29.4. The van der Waals surface area contributed by atoms with Crippen LogP contribution in [0.4, 0.5) is 0 Å². The molecule has 3 nitrogen and oxygen atoms in total. The van der Waals surface area contributed by atoms with E-state index in [0.717, 1.165) is 38.6 Å². The van der Waals surface area contributed by atoms with Gasteiger partial charge in [0.25, 0.3) is 0 Å². The lowest BCUT2D eigenvalue weighted by Gasteiger charge is -2.15. The van der Waals surface area contributed by atoms with Crippen LogP contribution in [0.2, 0.25) is 0 Å². The van der Waals surface area contributed by atoms with Crippen LogP contribution in [0.25, 0.3) is 99.9 Å². The van der Waals surface area contributed by atoms with E-state index in [4.69, 9.17) is 15.0 Å². The molecule has 0 N–H and O–H groups in total. The molecule has 10 aromatic rings. The Kier molecular flexibility index (Phi) is 7.81. The molecule has 1 aromatic heterocycles. The Hall–Kier alpha value is -7.23. The first kappa shape index (κ1) is 31.5. The van der Waals surface area contributed by atoms with Crippen molar-refractivity contribution in [2.75, 3.05) is 0 Å². The number of fused-ring (bicyclic) bond motifs is 3. The molecule has 10 rings (SSSR count). The molecule has 0 spiro atoms. The average Bonchev–Trinajstić information content (AvgIpc) is 3.26. The van der Waals surface area contributed by atoms with E-state index >= 15 is 0 Å². The SMILES string of the molecule is c1ccc(-c2nc(-c3ccccc3-c3ccccc3)nc(-c3ccc(-c4ccc5cc(-c6ccc7ccccc7c6)ccc5c4)c4ccccc34)n2)cc1. The van der Waals surface area contributed by atoms with Gasteiger partial charge in [0.15, 0.2) is 17.5 Å². The van der Waals surface area contributed by atoms with E-state index in [0.29, 0.717) is 17.5 Å². The zero-order chi connectivity index (χ0) is 35.8. The van der Waals surface area contributed by atoms with Crippen LogP contribution < -0.4 is 0 Å². The lowest BCUT2D eigenvalue weighted by Crippen LogP contribution is -2.01. The molecule has 0 bridgehead atoms. The molecule has 0 saturated carbocycles. The fourth-order valence-electron chi connectivity index (χ4n) is 7.59. The van der Waals surface area contributed by atoms with Gasteiger partial charge in [0.05, 0.1) is 0 Å². The van der Waals surface area contributed by atoms with Crippen LogP contribution in [0.15, 0.2) is 200 Å². The second kappa shape index (κ2) is 13.4. The Labute approximate surface area is 313 Å². The van der Waals surface area contributed by atoms with E-state index in [2.05, 4.69) is 170 Å². The van der Waals surface area contributed by atoms with E-state index in [1.807, 2.05) is 30.3 Å². The van der Waals surface area contributed by atoms with Crippen molar-refractivity contribution in [3.05, 3.63) is 200 Å². The van der Waals surface area contributed by atoms with Crippen molar-refractivity contribution >= 4 is 32.3 Å². The number of rotatable bonds is 6. The fraction of sp³-hybridized carbons (Fsp3) is 0. The Morgan fingerprint density at radius 3 is 1.37 bits per heavy atom. The summed E-state index contributed by atoms with van der Waals surface area (Å²) in [5.41, 5.74) is 9.85. The lowest BCUT2D eigenvalue weighted by atomic mass is 9.92. The van der Waals surface area contributed by atoms with Crippen molar-refractivity contribution in [1.82, 2.24) is 15.0 Å². The van der Waals surface area contributed by atoms with E-state index in [-0.39, 0.29) is 0 Å². The summed E-state index contributed by atoms with van der Waals surface area (Å²) in [5, 5.41) is 7.17. The second-order valence-electron chi connectivity index (χ2n) is 13.6. The van der Waals surface area contributed by atoms with Gasteiger partial charge in [-0.25, -0.2) is 15.0 Å². The largest absolute Gasteiger partial charge is 0.208 e. The first-order chi connectivity index (χ1) is 26.7. The first-order valence-electron chi connectivity index (χ1n) is 18.3. The lowest BCUT2D eigenvalue weighted by molar-refractivity contribution is 1.08. The van der Waals surface area contributed by atoms with Gasteiger partial charge in [-0.2, -0.15) is 0 Å². The maximum Gasteiger partial charge on any atom is 0.164 e. The predicted molar refractivity (Wildman–Crippen MR) is 225 cm³/mol. The third kappa shape index (κ3) is 5.78. The minimum absolute atomic E-state index is 0.643. The summed E-state index contributed by atoms with van der Waals surface area (Å²) in [6, 6.07) is 70.7. The van der Waals surface area contributed by atoms with Crippen molar-refractivity contribution in [2.45, 2.75) is 0 Å². The molecule has 0 radical (unpaired) electrons. The Morgan fingerprint density at radius 2 is 0.667 bits per heavy atom. The predicted octanol–water partition coefficient (Wildman–Crippen LogP) is 13.3. The van der Waals surface area contributed by atoms with Gasteiger partial charge < -0.3 is 0 Å². The van der Waals surface area contributed by atoms with Crippen LogP contribution in [0, 0.1) is 0 Å². The molecule has 0 atom stereocenters. The molecule has 0 aliphatic heterocycles. The number of nitrogens with zero attached hydrogens (tertiary/aromatic N) is 3. The molecule has 252 valence electrons. The molecule has 54 heavy (non-hydrogen) atoms. The Balaban J connectivity index is 1.08. The van der Waals surface area contributed by atoms with Crippen molar-refractivity contribution in [2.24, 2.45) is 0 Å². The van der Waals surface area contributed by atoms with Gasteiger partial charge in [0.2, 0.25) is 0 Å². The highest BCUT2D eigenvalue weighted by atomic mass is 15.0. The smallest absolute Gasteiger partial charge is 0.164 e. The number of hydrogen-bond donors (Lipinski definition) is 0. The number of hydrogen-bond acceptors (Lipinski definition) is 3. The second-order valence-corrected chi connectivity index (χ2v) is 13.6. The monoisotopic (exact) mass is 687 g/mol. The van der Waals surface area contributed by atoms with Crippen LogP contribution in [0.1, 0.15) is 0 Å². The summed E-state index contributed by atoms with van der Waals surface area (Å²) in [5.74, 6) is 1.93. The van der Waals surface area contributed by atoms with E-state index < -0.39 is 0 Å². The van der Waals surface area contributed by atoms with Crippen LogP contribution in [0.5, 0.6) is 0 Å². The molecular weight excluding hydrogens is 655 g/mol. The van der Waals surface area contributed by atoms with Crippen LogP contribution in [0.3, 0.4) is 0 Å². The molecule has 1 heterocycles. The highest BCUT2D eigenvalue weighted by Crippen LogP contribution is 2.38. The minimum Gasteiger partial charge on any atom is -0.208 e. The van der Waals surface area contributed by atoms with E-state index in [1.54, 1.807) is 0 Å². The summed E-state index contributed by atoms with van der Waals surface area (Å²) in [6.45, 7) is 0. The van der Waals surface area contributed by atoms with Crippen molar-refractivity contribution in [3.8, 4) is 67.5 Å². The normalized spacial score (nSPS) is 11.3. The topological polar surface area (TPSA) is 38.7 Å². The Bertz CT molecular complexity index is 2990. The van der Waals surface area contributed by atoms with Crippen LogP contribution in [-0.4, -0.2) is 15.0 Å². The maximum absolute atomic E-state index is 5.21. The minimum atomic E-state index is 0.643. The van der Waals surface area contributed by atoms with Gasteiger partial charge in [0, 0.05) is 16.7 Å². The summed E-state index contributed by atoms with van der Waals surface area (Å²) in [4.78, 5) is 15.4. The van der Waals surface area contributed by atoms with Gasteiger partial charge in [-0.3, -0.25) is 0 Å². The molecular formula is C51H33N3. The van der Waals surface area contributed by atoms with Gasteiger partial charge in [-0.05, 0) is 90.0 Å². The molecule has 0 unspecified atom stereocenters. The van der Waals surface area contributed by atoms with Gasteiger partial charge >= 0.3 is 0 Å². The summed E-state index contributed by atoms with van der Waals surface area (Å²) >= 11 is 0. The van der Waals surface area contributed by atoms with Gasteiger partial charge in [-0.15, -0.1) is 0 Å². The fourth-order valence-corrected chi connectivity index (χ4v) is 7.59. The summed E-state index contributed by atoms with van der Waals surface area (Å²) < 4.78 is 0. The quantitative estimate of drug-likeness (QED) is 0.175. The summed E-state index contributed by atoms with van der Waals surface area (Å²) in [6.07, 6.45) is 0. The number of benzene rings is 9. The van der Waals surface area contributed by atoms with Crippen LogP contribution in [-0.2, 0) is 0 Å². The molecule has 0 aliphatic carbocycles. The van der Waals surface area contributed by atoms with E-state index in [9.17, 15) is 0 Å². The molecule has 0 saturated heterocycles. The maximum atomic E-state index is 5.21. The third-order valence-corrected chi connectivity index (χ3v) is 10.3. The molecule has 3 heteroatoms. The number of aromatic nitrogens is 3. The zero-order valence-corrected chi connectivity index (χ0v) is 29.4. The molecule has 0 amide bonds. The molecule has 0 fully saturated rings. The van der Waals surface area contributed by atoms with Gasteiger partial charge in [0.1, 0.15) is 0 Å². The standard InChI is InChI=1S/C51H33N3/c1-3-14-35(15-4-1)43-19-9-12-22-47(43)50-52-49(36-16-5-2-6-17-36)53-51(54-50)48-30-29-44(45-20-10-11-21-46(45)48)42-28-27-40-32-39(25-26-41(40)33-42)38-24-23-34-13-7-8-18-37(34)31-38/h1-33H. The van der Waals surface area contributed by atoms with Crippen LogP contribution >= 0.6 is 0 Å². The van der Waals surface area contributed by atoms with E-state index in [1.165, 1.54) is 43.8 Å². The van der Waals surface area contributed by atoms with Gasteiger partial charge in [-0.1, -0.05) is 176 Å². The highest BCUT2D eigenvalue weighted by Gasteiger charge is 2.18. The van der Waals surface area contributed by atoms with Crippen molar-refractivity contribution < 1.29 is 0 Å².